The molecular formula is C47H42N3O4PS2. The van der Waals surface area contributed by atoms with Crippen LogP contribution in [0.15, 0.2) is 193 Å². The number of carbonyl (C=O) groups is 1. The van der Waals surface area contributed by atoms with Crippen LogP contribution in [0.3, 0.4) is 0 Å². The minimum atomic E-state index is -3.58. The van der Waals surface area contributed by atoms with E-state index in [1.54, 1.807) is 19.2 Å². The van der Waals surface area contributed by atoms with Crippen LogP contribution >= 0.6 is 17.8 Å². The largest absolute Gasteiger partial charge is 0.374 e. The quantitative estimate of drug-likeness (QED) is 0.0425. The number of hydrogen-bond acceptors (Lipinski definition) is 9. The highest BCUT2D eigenvalue weighted by molar-refractivity contribution is 8.18. The number of nitrogens with one attached hydrogen (secondary N) is 1. The Morgan fingerprint density at radius 2 is 0.965 bits per heavy atom. The maximum atomic E-state index is 14.9. The van der Waals surface area contributed by atoms with E-state index in [1.807, 2.05) is 146 Å². The molecule has 0 fully saturated rings. The first-order chi connectivity index (χ1) is 27.9. The summed E-state index contributed by atoms with van der Waals surface area (Å²) in [5.41, 5.74) is 2.91. The third-order valence-electron chi connectivity index (χ3n) is 9.53. The van der Waals surface area contributed by atoms with Crippen molar-refractivity contribution in [2.45, 2.75) is 25.0 Å². The van der Waals surface area contributed by atoms with E-state index < -0.39 is 23.2 Å². The Morgan fingerprint density at radius 1 is 0.614 bits per heavy atom. The Balaban J connectivity index is 1.42. The summed E-state index contributed by atoms with van der Waals surface area (Å²) >= 11 is 7.27. The Kier molecular flexibility index (Phi) is 12.6. The second-order valence-electron chi connectivity index (χ2n) is 13.0. The number of rotatable bonds is 17. The van der Waals surface area contributed by atoms with Crippen molar-refractivity contribution in [2.75, 3.05) is 18.5 Å². The van der Waals surface area contributed by atoms with Gasteiger partial charge in [-0.3, -0.25) is 4.79 Å². The summed E-state index contributed by atoms with van der Waals surface area (Å²) in [6.07, 6.45) is 0. The molecule has 1 N–H and O–H groups in total. The molecule has 1 aromatic heterocycles. The number of aromatic nitrogens is 1. The molecule has 286 valence electrons. The van der Waals surface area contributed by atoms with Gasteiger partial charge in [0.25, 0.3) is 12.0 Å². The average Bonchev–Trinajstić information content (AvgIpc) is 3.74. The second kappa shape index (κ2) is 18.2. The van der Waals surface area contributed by atoms with Crippen LogP contribution in [0.25, 0.3) is 0 Å². The molecule has 7 aromatic rings. The molecule has 0 spiro atoms. The smallest absolute Gasteiger partial charge is 0.270 e. The summed E-state index contributed by atoms with van der Waals surface area (Å²) < 4.78 is 11.9. The molecule has 10 heteroatoms. The van der Waals surface area contributed by atoms with Gasteiger partial charge in [-0.25, -0.2) is 4.98 Å². The zero-order valence-electron chi connectivity index (χ0n) is 31.6. The van der Waals surface area contributed by atoms with Gasteiger partial charge in [0.2, 0.25) is 5.60 Å². The van der Waals surface area contributed by atoms with E-state index in [1.165, 1.54) is 11.3 Å². The average molecular weight is 808 g/mol. The first-order valence-electron chi connectivity index (χ1n) is 18.7. The Morgan fingerprint density at radius 3 is 1.32 bits per heavy atom. The van der Waals surface area contributed by atoms with Crippen LogP contribution in [-0.4, -0.2) is 29.4 Å². The molecule has 0 unspecified atom stereocenters. The Hall–Kier alpha value is -5.54. The van der Waals surface area contributed by atoms with Gasteiger partial charge in [-0.2, -0.15) is 0 Å². The van der Waals surface area contributed by atoms with E-state index in [-0.39, 0.29) is 24.6 Å². The molecule has 0 amide bonds. The molecule has 0 aliphatic rings. The van der Waals surface area contributed by atoms with Crippen LogP contribution in [0, 0.1) is 0 Å². The minimum Gasteiger partial charge on any atom is -0.374 e. The molecule has 7 nitrogen and oxygen atoms in total. The maximum absolute atomic E-state index is 14.9. The monoisotopic (exact) mass is 807 g/mol. The van der Waals surface area contributed by atoms with Crippen molar-refractivity contribution in [1.29, 1.82) is 0 Å². The topological polar surface area (TPSA) is 82.0 Å². The van der Waals surface area contributed by atoms with Gasteiger partial charge in [0.1, 0.15) is 11.2 Å². The maximum Gasteiger partial charge on any atom is 0.270 e. The minimum absolute atomic E-state index is 0.0959. The summed E-state index contributed by atoms with van der Waals surface area (Å²) in [4.78, 5) is 26.8. The SMILES string of the molecule is CCOP(=S)(OCC)C(=O)C(=NOC(c1ccccc1)(c1ccccc1)c1ccccc1)c1csc(NC(c2ccccc2)(c2ccccc2)c2ccccc2)n1. The summed E-state index contributed by atoms with van der Waals surface area (Å²) in [5, 5.41) is 10.9. The van der Waals surface area contributed by atoms with Gasteiger partial charge in [-0.1, -0.05) is 187 Å². The summed E-state index contributed by atoms with van der Waals surface area (Å²) in [7, 11) is 0. The lowest BCUT2D eigenvalue weighted by molar-refractivity contribution is -0.107. The predicted octanol–water partition coefficient (Wildman–Crippen LogP) is 11.2. The van der Waals surface area contributed by atoms with Crippen molar-refractivity contribution in [2.24, 2.45) is 5.16 Å². The van der Waals surface area contributed by atoms with Crippen molar-refractivity contribution in [3.63, 3.8) is 0 Å². The van der Waals surface area contributed by atoms with Gasteiger partial charge in [0.15, 0.2) is 10.8 Å². The zero-order chi connectivity index (χ0) is 39.6. The molecule has 0 radical (unpaired) electrons. The lowest BCUT2D eigenvalue weighted by atomic mass is 9.77. The van der Waals surface area contributed by atoms with Gasteiger partial charge in [-0.15, -0.1) is 11.3 Å². The second-order valence-corrected chi connectivity index (χ2v) is 17.2. The van der Waals surface area contributed by atoms with Crippen LogP contribution in [-0.2, 0) is 41.6 Å². The van der Waals surface area contributed by atoms with E-state index in [4.69, 9.17) is 35.8 Å². The van der Waals surface area contributed by atoms with Crippen molar-refractivity contribution in [3.8, 4) is 0 Å². The summed E-state index contributed by atoms with van der Waals surface area (Å²) in [6, 6.07) is 60.3. The van der Waals surface area contributed by atoms with Crippen LogP contribution in [0.4, 0.5) is 5.13 Å². The van der Waals surface area contributed by atoms with Gasteiger partial charge in [0, 0.05) is 22.1 Å². The number of anilines is 1. The number of hydrogen-bond donors (Lipinski definition) is 1. The van der Waals surface area contributed by atoms with Gasteiger partial charge in [-0.05, 0) is 42.3 Å². The Bertz CT molecular complexity index is 2230. The number of carbonyl (C=O) groups excluding carboxylic acids is 1. The number of oxime groups is 1. The molecule has 57 heavy (non-hydrogen) atoms. The molecule has 7 rings (SSSR count). The fourth-order valence-electron chi connectivity index (χ4n) is 6.99. The summed E-state index contributed by atoms with van der Waals surface area (Å²) in [5.74, 6) is 0. The van der Waals surface area contributed by atoms with E-state index >= 15 is 0 Å². The molecule has 0 aliphatic carbocycles. The highest BCUT2D eigenvalue weighted by Crippen LogP contribution is 2.51. The lowest BCUT2D eigenvalue weighted by Gasteiger charge is -2.36. The van der Waals surface area contributed by atoms with Crippen LogP contribution in [0.1, 0.15) is 52.9 Å². The molecular weight excluding hydrogens is 766 g/mol. The van der Waals surface area contributed by atoms with Crippen molar-refractivity contribution in [1.82, 2.24) is 4.98 Å². The van der Waals surface area contributed by atoms with Crippen LogP contribution in [0.2, 0.25) is 0 Å². The standard InChI is InChI=1S/C47H42N3O4PS2/c1-3-52-55(56,53-4-2)44(51)43(50-54-47(39-29-17-8-18-30-39,40-31-19-9-20-32-40)41-33-21-10-22-34-41)42-35-57-45(48-42)49-46(36-23-11-5-12-24-36,37-25-13-6-14-26-37)38-27-15-7-16-28-38/h5-35H,3-4H2,1-2H3,(H,48,49). The van der Waals surface area contributed by atoms with E-state index in [0.29, 0.717) is 5.13 Å². The molecule has 6 aromatic carbocycles. The van der Waals surface area contributed by atoms with Crippen molar-refractivity contribution >= 4 is 46.0 Å². The Labute approximate surface area is 343 Å². The van der Waals surface area contributed by atoms with Crippen LogP contribution < -0.4 is 5.32 Å². The number of nitrogens with zero attached hydrogens (tertiary/aromatic N) is 2. The van der Waals surface area contributed by atoms with Crippen LogP contribution in [0.5, 0.6) is 0 Å². The zero-order valence-corrected chi connectivity index (χ0v) is 34.1. The first kappa shape index (κ1) is 39.7. The highest BCUT2D eigenvalue weighted by Gasteiger charge is 2.42. The van der Waals surface area contributed by atoms with Gasteiger partial charge < -0.3 is 19.2 Å². The van der Waals surface area contributed by atoms with E-state index in [9.17, 15) is 4.79 Å². The van der Waals surface area contributed by atoms with E-state index in [2.05, 4.69) is 41.7 Å². The molecule has 0 bridgehead atoms. The molecule has 0 saturated heterocycles. The normalized spacial score (nSPS) is 12.2. The molecule has 0 saturated carbocycles. The third kappa shape index (κ3) is 8.17. The highest BCUT2D eigenvalue weighted by atomic mass is 32.5. The predicted molar refractivity (Wildman–Crippen MR) is 234 cm³/mol. The van der Waals surface area contributed by atoms with Gasteiger partial charge in [0.05, 0.1) is 13.2 Å². The van der Waals surface area contributed by atoms with Crippen molar-refractivity contribution < 1.29 is 18.7 Å². The summed E-state index contributed by atoms with van der Waals surface area (Å²) in [6.45, 7) is 0.347. The number of thiazole rings is 1. The van der Waals surface area contributed by atoms with Gasteiger partial charge >= 0.3 is 0 Å². The van der Waals surface area contributed by atoms with Crippen molar-refractivity contribution in [3.05, 3.63) is 226 Å². The lowest BCUT2D eigenvalue weighted by Crippen LogP contribution is -2.38. The number of benzene rings is 6. The first-order valence-corrected chi connectivity index (χ1v) is 22.2. The molecule has 0 atom stereocenters. The fraction of sp³-hybridized carbons (Fsp3) is 0.128. The third-order valence-corrected chi connectivity index (χ3v) is 13.3. The van der Waals surface area contributed by atoms with E-state index in [0.717, 1.165) is 33.4 Å². The molecule has 0 aliphatic heterocycles. The fourth-order valence-corrected chi connectivity index (χ4v) is 10.0. The molecule has 1 heterocycles.